The van der Waals surface area contributed by atoms with E-state index < -0.39 is 0 Å². The van der Waals surface area contributed by atoms with Crippen molar-refractivity contribution in [2.45, 2.75) is 53.0 Å². The molecule has 3 heteroatoms. The van der Waals surface area contributed by atoms with Crippen LogP contribution in [0, 0.1) is 0 Å². The number of rotatable bonds is 7. The van der Waals surface area contributed by atoms with Gasteiger partial charge in [0.15, 0.2) is 0 Å². The summed E-state index contributed by atoms with van der Waals surface area (Å²) in [5.74, 6) is -0.297. The Morgan fingerprint density at radius 2 is 1.88 bits per heavy atom. The van der Waals surface area contributed by atoms with E-state index in [-0.39, 0.29) is 11.5 Å². The maximum Gasteiger partial charge on any atom is 0.333 e. The number of carbonyl (C=O) groups excluding carboxylic acids is 1. The molecule has 0 saturated heterocycles. The lowest BCUT2D eigenvalue weighted by Gasteiger charge is -2.35. The quantitative estimate of drug-likeness (QED) is 0.507. The lowest BCUT2D eigenvalue weighted by molar-refractivity contribution is -0.139. The molecule has 0 heterocycles. The van der Waals surface area contributed by atoms with Gasteiger partial charge in [0, 0.05) is 17.7 Å². The fourth-order valence-corrected chi connectivity index (χ4v) is 1.50. The molecular formula is C14H27NO2. The Morgan fingerprint density at radius 3 is 2.29 bits per heavy atom. The van der Waals surface area contributed by atoms with Gasteiger partial charge in [0.05, 0.1) is 0 Å². The van der Waals surface area contributed by atoms with Crippen molar-refractivity contribution >= 4 is 5.97 Å². The second kappa shape index (κ2) is 7.49. The molecule has 0 amide bonds. The van der Waals surface area contributed by atoms with Gasteiger partial charge in [-0.15, -0.1) is 0 Å². The van der Waals surface area contributed by atoms with Gasteiger partial charge in [-0.05, 0) is 40.7 Å². The van der Waals surface area contributed by atoms with Gasteiger partial charge in [-0.2, -0.15) is 0 Å². The van der Waals surface area contributed by atoms with Crippen LogP contribution in [0.1, 0.15) is 47.5 Å². The van der Waals surface area contributed by atoms with Crippen molar-refractivity contribution < 1.29 is 9.53 Å². The molecule has 0 N–H and O–H groups in total. The van der Waals surface area contributed by atoms with Crippen molar-refractivity contribution in [1.82, 2.24) is 4.90 Å². The third-order valence-electron chi connectivity index (χ3n) is 2.67. The molecular weight excluding hydrogens is 214 g/mol. The number of ether oxygens (including phenoxy) is 1. The summed E-state index contributed by atoms with van der Waals surface area (Å²) in [7, 11) is 0. The van der Waals surface area contributed by atoms with E-state index in [0.717, 1.165) is 13.1 Å². The Labute approximate surface area is 106 Å². The van der Waals surface area contributed by atoms with Crippen molar-refractivity contribution in [3.05, 3.63) is 12.2 Å². The molecule has 0 aliphatic rings. The Balaban J connectivity index is 4.09. The largest absolute Gasteiger partial charge is 0.461 e. The molecule has 0 atom stereocenters. The molecule has 0 aliphatic carbocycles. The average Bonchev–Trinajstić information content (AvgIpc) is 2.20. The van der Waals surface area contributed by atoms with Gasteiger partial charge < -0.3 is 4.74 Å². The molecule has 0 aromatic rings. The van der Waals surface area contributed by atoms with Crippen LogP contribution in [-0.2, 0) is 9.53 Å². The Hall–Kier alpha value is -0.830. The van der Waals surface area contributed by atoms with Crippen LogP contribution in [0.2, 0.25) is 0 Å². The number of hydrogen-bond donors (Lipinski definition) is 0. The van der Waals surface area contributed by atoms with Crippen LogP contribution < -0.4 is 0 Å². The normalized spacial score (nSPS) is 11.6. The van der Waals surface area contributed by atoms with Crippen LogP contribution in [-0.4, -0.2) is 36.1 Å². The molecule has 3 nitrogen and oxygen atoms in total. The first-order valence-electron chi connectivity index (χ1n) is 6.36. The van der Waals surface area contributed by atoms with E-state index in [0.29, 0.717) is 12.2 Å². The van der Waals surface area contributed by atoms with Crippen molar-refractivity contribution in [3.8, 4) is 0 Å². The molecule has 100 valence electrons. The smallest absolute Gasteiger partial charge is 0.333 e. The molecule has 0 unspecified atom stereocenters. The monoisotopic (exact) mass is 241 g/mol. The first kappa shape index (κ1) is 16.2. The maximum atomic E-state index is 11.2. The van der Waals surface area contributed by atoms with Crippen LogP contribution in [0.3, 0.4) is 0 Å². The van der Waals surface area contributed by atoms with E-state index in [4.69, 9.17) is 4.74 Å². The molecule has 0 aliphatic heterocycles. The third kappa shape index (κ3) is 7.16. The van der Waals surface area contributed by atoms with Gasteiger partial charge in [-0.1, -0.05) is 19.9 Å². The van der Waals surface area contributed by atoms with Crippen molar-refractivity contribution in [2.75, 3.05) is 19.7 Å². The van der Waals surface area contributed by atoms with Crippen LogP contribution in [0.5, 0.6) is 0 Å². The highest BCUT2D eigenvalue weighted by Gasteiger charge is 2.20. The number of esters is 1. The zero-order valence-electron chi connectivity index (χ0n) is 12.0. The summed E-state index contributed by atoms with van der Waals surface area (Å²) in [6.07, 6.45) is 2.35. The molecule has 0 saturated carbocycles. The third-order valence-corrected chi connectivity index (χ3v) is 2.67. The molecule has 0 radical (unpaired) electrons. The van der Waals surface area contributed by atoms with Gasteiger partial charge >= 0.3 is 5.97 Å². The molecule has 0 aromatic heterocycles. The van der Waals surface area contributed by atoms with Crippen LogP contribution in [0.15, 0.2) is 12.2 Å². The Bertz CT molecular complexity index is 253. The van der Waals surface area contributed by atoms with Crippen LogP contribution >= 0.6 is 0 Å². The summed E-state index contributed by atoms with van der Waals surface area (Å²) >= 11 is 0. The number of hydrogen-bond acceptors (Lipinski definition) is 3. The fourth-order valence-electron chi connectivity index (χ4n) is 1.50. The Morgan fingerprint density at radius 1 is 1.29 bits per heavy atom. The lowest BCUT2D eigenvalue weighted by Crippen LogP contribution is -2.44. The highest BCUT2D eigenvalue weighted by molar-refractivity contribution is 5.86. The predicted octanol–water partition coefficient (Wildman–Crippen LogP) is 3.01. The number of carbonyl (C=O) groups is 1. The van der Waals surface area contributed by atoms with E-state index in [1.54, 1.807) is 6.92 Å². The zero-order chi connectivity index (χ0) is 13.5. The van der Waals surface area contributed by atoms with Gasteiger partial charge in [-0.25, -0.2) is 4.79 Å². The van der Waals surface area contributed by atoms with Gasteiger partial charge in [0.25, 0.3) is 0 Å². The van der Waals surface area contributed by atoms with Gasteiger partial charge in [0.2, 0.25) is 0 Å². The molecule has 17 heavy (non-hydrogen) atoms. The molecule has 0 rings (SSSR count). The van der Waals surface area contributed by atoms with Gasteiger partial charge in [0.1, 0.15) is 6.61 Å². The predicted molar refractivity (Wildman–Crippen MR) is 72.0 cm³/mol. The number of nitrogens with zero attached hydrogens (tertiary/aromatic N) is 1. The summed E-state index contributed by atoms with van der Waals surface area (Å²) in [5.41, 5.74) is 0.575. The Kier molecular flexibility index (Phi) is 7.12. The molecule has 0 spiro atoms. The topological polar surface area (TPSA) is 29.5 Å². The van der Waals surface area contributed by atoms with E-state index >= 15 is 0 Å². The summed E-state index contributed by atoms with van der Waals surface area (Å²) < 4.78 is 5.13. The zero-order valence-corrected chi connectivity index (χ0v) is 12.0. The standard InChI is InChI=1S/C14H27NO2/c1-7-8-9-15(14(4,5)6)10-11-17-13(16)12(2)3/h2,7-11H2,1,3-6H3. The van der Waals surface area contributed by atoms with Crippen LogP contribution in [0.25, 0.3) is 0 Å². The second-order valence-corrected chi connectivity index (χ2v) is 5.43. The number of unbranched alkanes of at least 4 members (excludes halogenated alkanes) is 1. The van der Waals surface area contributed by atoms with Gasteiger partial charge in [-0.3, -0.25) is 4.90 Å². The second-order valence-electron chi connectivity index (χ2n) is 5.43. The summed E-state index contributed by atoms with van der Waals surface area (Å²) in [6.45, 7) is 16.2. The fraction of sp³-hybridized carbons (Fsp3) is 0.786. The first-order valence-corrected chi connectivity index (χ1v) is 6.36. The minimum atomic E-state index is -0.297. The van der Waals surface area contributed by atoms with E-state index in [1.807, 2.05) is 0 Å². The van der Waals surface area contributed by atoms with E-state index in [1.165, 1.54) is 12.8 Å². The lowest BCUT2D eigenvalue weighted by atomic mass is 10.1. The van der Waals surface area contributed by atoms with E-state index in [2.05, 4.69) is 39.2 Å². The summed E-state index contributed by atoms with van der Waals surface area (Å²) in [6, 6.07) is 0. The molecule has 0 aromatic carbocycles. The molecule has 0 fully saturated rings. The van der Waals surface area contributed by atoms with Crippen molar-refractivity contribution in [2.24, 2.45) is 0 Å². The molecule has 0 bridgehead atoms. The van der Waals surface area contributed by atoms with Crippen LogP contribution in [0.4, 0.5) is 0 Å². The highest BCUT2D eigenvalue weighted by Crippen LogP contribution is 2.13. The van der Waals surface area contributed by atoms with E-state index in [9.17, 15) is 4.79 Å². The SMILES string of the molecule is C=C(C)C(=O)OCCN(CCCC)C(C)(C)C. The highest BCUT2D eigenvalue weighted by atomic mass is 16.5. The van der Waals surface area contributed by atoms with Crippen molar-refractivity contribution in [1.29, 1.82) is 0 Å². The summed E-state index contributed by atoms with van der Waals surface area (Å²) in [4.78, 5) is 13.6. The average molecular weight is 241 g/mol. The summed E-state index contributed by atoms with van der Waals surface area (Å²) in [5, 5.41) is 0. The minimum absolute atomic E-state index is 0.116. The first-order chi connectivity index (χ1) is 7.79. The minimum Gasteiger partial charge on any atom is -0.461 e. The maximum absolute atomic E-state index is 11.2. The van der Waals surface area contributed by atoms with Crippen molar-refractivity contribution in [3.63, 3.8) is 0 Å².